The van der Waals surface area contributed by atoms with Crippen LogP contribution in [-0.2, 0) is 4.79 Å². The van der Waals surface area contributed by atoms with Gasteiger partial charge in [0.15, 0.2) is 0 Å². The van der Waals surface area contributed by atoms with Crippen LogP contribution >= 0.6 is 0 Å². The molecule has 1 amide bonds. The molecule has 0 radical (unpaired) electrons. The van der Waals surface area contributed by atoms with Crippen molar-refractivity contribution in [3.8, 4) is 0 Å². The van der Waals surface area contributed by atoms with Crippen LogP contribution < -0.4 is 5.32 Å². The fourth-order valence-corrected chi connectivity index (χ4v) is 9.09. The van der Waals surface area contributed by atoms with Gasteiger partial charge in [-0.15, -0.1) is 0 Å². The second kappa shape index (κ2) is 55.9. The van der Waals surface area contributed by atoms with Crippen LogP contribution in [0.25, 0.3) is 0 Å². The molecule has 0 saturated carbocycles. The second-order valence-corrected chi connectivity index (χ2v) is 20.2. The monoisotopic (exact) mass is 926 g/mol. The van der Waals surface area contributed by atoms with Crippen molar-refractivity contribution in [2.24, 2.45) is 0 Å². The van der Waals surface area contributed by atoms with Crippen LogP contribution in [0.4, 0.5) is 0 Å². The molecule has 0 spiro atoms. The van der Waals surface area contributed by atoms with E-state index in [4.69, 9.17) is 0 Å². The molecule has 0 aliphatic rings. The number of allylic oxidation sites excluding steroid dienone is 8. The molecule has 0 aromatic rings. The Hall–Kier alpha value is -1.69. The van der Waals surface area contributed by atoms with E-state index in [0.29, 0.717) is 12.8 Å². The van der Waals surface area contributed by atoms with Crippen molar-refractivity contribution in [1.29, 1.82) is 0 Å². The molecular formula is C61H115NO4. The van der Waals surface area contributed by atoms with E-state index in [-0.39, 0.29) is 12.5 Å². The van der Waals surface area contributed by atoms with Crippen molar-refractivity contribution in [3.63, 3.8) is 0 Å². The molecule has 0 bridgehead atoms. The van der Waals surface area contributed by atoms with Crippen LogP contribution in [0.15, 0.2) is 48.6 Å². The molecule has 0 saturated heterocycles. The number of amides is 1. The molecule has 5 nitrogen and oxygen atoms in total. The maximum Gasteiger partial charge on any atom is 0.220 e. The Bertz CT molecular complexity index is 1070. The Morgan fingerprint density at radius 3 is 1.02 bits per heavy atom. The molecule has 3 unspecified atom stereocenters. The van der Waals surface area contributed by atoms with Gasteiger partial charge in [-0.1, -0.05) is 268 Å². The molecule has 0 aromatic carbocycles. The van der Waals surface area contributed by atoms with Gasteiger partial charge in [0.05, 0.1) is 18.8 Å². The number of unbranched alkanes of at least 4 members (excludes halogenated alkanes) is 38. The molecule has 3 atom stereocenters. The lowest BCUT2D eigenvalue weighted by Crippen LogP contribution is -2.50. The van der Waals surface area contributed by atoms with Gasteiger partial charge >= 0.3 is 0 Å². The van der Waals surface area contributed by atoms with E-state index in [9.17, 15) is 20.1 Å². The van der Waals surface area contributed by atoms with Crippen LogP contribution in [0.5, 0.6) is 0 Å². The van der Waals surface area contributed by atoms with Crippen molar-refractivity contribution >= 4 is 5.91 Å². The number of hydrogen-bond donors (Lipinski definition) is 4. The Labute approximate surface area is 412 Å². The largest absolute Gasteiger partial charge is 0.394 e. The SMILES string of the molecule is CCCCCCCCCCC/C=C\C/C=C\CCCCCCCCCCCCCCCCCCCC(=O)NC(CO)C(O)C(O)CCC/C=C/CC/C=C/CCCCCCCCCCCC. The lowest BCUT2D eigenvalue weighted by atomic mass is 10.0. The summed E-state index contributed by atoms with van der Waals surface area (Å²) >= 11 is 0. The predicted octanol–water partition coefficient (Wildman–Crippen LogP) is 18.4. The number of carbonyl (C=O) groups excluding carboxylic acids is 1. The summed E-state index contributed by atoms with van der Waals surface area (Å²) in [5, 5.41) is 33.7. The van der Waals surface area contributed by atoms with Gasteiger partial charge in [0.1, 0.15) is 6.10 Å². The summed E-state index contributed by atoms with van der Waals surface area (Å²) in [7, 11) is 0. The third-order valence-electron chi connectivity index (χ3n) is 13.6. The number of hydrogen-bond acceptors (Lipinski definition) is 4. The fraction of sp³-hybridized carbons (Fsp3) is 0.852. The highest BCUT2D eigenvalue weighted by Crippen LogP contribution is 2.17. The molecule has 0 rings (SSSR count). The molecule has 0 aliphatic heterocycles. The predicted molar refractivity (Wildman–Crippen MR) is 291 cm³/mol. The molecule has 0 aliphatic carbocycles. The molecule has 0 aromatic heterocycles. The zero-order valence-electron chi connectivity index (χ0n) is 44.3. The van der Waals surface area contributed by atoms with Crippen molar-refractivity contribution < 1.29 is 20.1 Å². The zero-order valence-corrected chi connectivity index (χ0v) is 44.3. The number of carbonyl (C=O) groups is 1. The maximum atomic E-state index is 12.5. The first-order valence-corrected chi connectivity index (χ1v) is 29.4. The first-order valence-electron chi connectivity index (χ1n) is 29.4. The van der Waals surface area contributed by atoms with Gasteiger partial charge in [-0.3, -0.25) is 4.79 Å². The van der Waals surface area contributed by atoms with Gasteiger partial charge in [0.25, 0.3) is 0 Å². The minimum Gasteiger partial charge on any atom is -0.394 e. The highest BCUT2D eigenvalue weighted by atomic mass is 16.3. The summed E-state index contributed by atoms with van der Waals surface area (Å²) in [5.41, 5.74) is 0. The van der Waals surface area contributed by atoms with Crippen LogP contribution in [0, 0.1) is 0 Å². The smallest absolute Gasteiger partial charge is 0.220 e. The van der Waals surface area contributed by atoms with E-state index in [2.05, 4.69) is 67.8 Å². The van der Waals surface area contributed by atoms with E-state index in [1.807, 2.05) is 0 Å². The quantitative estimate of drug-likeness (QED) is 0.0361. The first-order chi connectivity index (χ1) is 32.6. The van der Waals surface area contributed by atoms with E-state index >= 15 is 0 Å². The Morgan fingerprint density at radius 1 is 0.379 bits per heavy atom. The lowest BCUT2D eigenvalue weighted by molar-refractivity contribution is -0.124. The van der Waals surface area contributed by atoms with E-state index in [0.717, 1.165) is 51.4 Å². The number of aliphatic hydroxyl groups is 3. The van der Waals surface area contributed by atoms with Crippen molar-refractivity contribution in [2.45, 2.75) is 327 Å². The number of aliphatic hydroxyl groups excluding tert-OH is 3. The number of rotatable bonds is 54. The lowest BCUT2D eigenvalue weighted by Gasteiger charge is -2.26. The van der Waals surface area contributed by atoms with Crippen molar-refractivity contribution in [1.82, 2.24) is 5.32 Å². The minimum atomic E-state index is -1.17. The molecule has 4 N–H and O–H groups in total. The second-order valence-electron chi connectivity index (χ2n) is 20.2. The topological polar surface area (TPSA) is 89.8 Å². The summed E-state index contributed by atoms with van der Waals surface area (Å²) in [6.45, 7) is 4.19. The molecule has 0 heterocycles. The Kier molecular flexibility index (Phi) is 54.5. The van der Waals surface area contributed by atoms with Gasteiger partial charge in [-0.2, -0.15) is 0 Å². The Balaban J connectivity index is 3.55. The number of nitrogens with one attached hydrogen (secondary N) is 1. The molecule has 388 valence electrons. The summed E-state index contributed by atoms with van der Waals surface area (Å²) in [5.74, 6) is -0.155. The van der Waals surface area contributed by atoms with Crippen molar-refractivity contribution in [3.05, 3.63) is 48.6 Å². The zero-order chi connectivity index (χ0) is 47.9. The summed E-state index contributed by atoms with van der Waals surface area (Å²) in [6.07, 6.45) is 74.2. The third kappa shape index (κ3) is 50.2. The molecule has 0 fully saturated rings. The normalized spacial score (nSPS) is 13.6. The van der Waals surface area contributed by atoms with Gasteiger partial charge in [0, 0.05) is 6.42 Å². The highest BCUT2D eigenvalue weighted by Gasteiger charge is 2.26. The third-order valence-corrected chi connectivity index (χ3v) is 13.6. The average Bonchev–Trinajstić information content (AvgIpc) is 3.32. The van der Waals surface area contributed by atoms with Crippen molar-refractivity contribution in [2.75, 3.05) is 6.61 Å². The summed E-state index contributed by atoms with van der Waals surface area (Å²) in [6, 6.07) is -0.833. The van der Waals surface area contributed by atoms with Crippen LogP contribution in [0.1, 0.15) is 309 Å². The summed E-state index contributed by atoms with van der Waals surface area (Å²) in [4.78, 5) is 12.5. The molecular weight excluding hydrogens is 811 g/mol. The maximum absolute atomic E-state index is 12.5. The van der Waals surface area contributed by atoms with Crippen LogP contribution in [0.2, 0.25) is 0 Å². The van der Waals surface area contributed by atoms with E-state index in [1.165, 1.54) is 231 Å². The minimum absolute atomic E-state index is 0.155. The standard InChI is InChI=1S/C61H115NO4/c1-3-5-7-9-11-13-15-17-19-21-23-24-25-26-27-28-29-30-31-32-33-34-35-36-38-40-42-44-46-48-50-52-54-56-60(65)62-58(57-63)61(66)59(64)55-53-51-49-47-45-43-41-39-37-22-20-18-16-14-12-10-8-6-4-2/h23-24,26-27,39,41,47,49,58-59,61,63-64,66H,3-22,25,28-38,40,42-46,48,50-57H2,1-2H3,(H,62,65)/b24-23-,27-26-,41-39+,49-47+. The van der Waals surface area contributed by atoms with Gasteiger partial charge in [-0.25, -0.2) is 0 Å². The van der Waals surface area contributed by atoms with Crippen LogP contribution in [0.3, 0.4) is 0 Å². The van der Waals surface area contributed by atoms with E-state index in [1.54, 1.807) is 0 Å². The average molecular weight is 927 g/mol. The van der Waals surface area contributed by atoms with Gasteiger partial charge in [-0.05, 0) is 83.5 Å². The first kappa shape index (κ1) is 64.3. The highest BCUT2D eigenvalue weighted by molar-refractivity contribution is 5.76. The van der Waals surface area contributed by atoms with Gasteiger partial charge < -0.3 is 20.6 Å². The molecule has 66 heavy (non-hydrogen) atoms. The summed E-state index contributed by atoms with van der Waals surface area (Å²) < 4.78 is 0. The van der Waals surface area contributed by atoms with Crippen LogP contribution in [-0.4, -0.2) is 46.1 Å². The van der Waals surface area contributed by atoms with Gasteiger partial charge in [0.2, 0.25) is 5.91 Å². The Morgan fingerprint density at radius 2 is 0.667 bits per heavy atom. The molecule has 5 heteroatoms. The van der Waals surface area contributed by atoms with E-state index < -0.39 is 18.2 Å². The fourth-order valence-electron chi connectivity index (χ4n) is 9.09.